The monoisotopic (exact) mass is 320 g/mol. The molecule has 5 heteroatoms. The normalized spacial score (nSPS) is 29.7. The maximum absolute atomic E-state index is 13.0. The van der Waals surface area contributed by atoms with Crippen LogP contribution in [0.1, 0.15) is 43.5 Å². The van der Waals surface area contributed by atoms with E-state index in [1.807, 2.05) is 29.5 Å². The molecule has 3 heterocycles. The third-order valence-corrected chi connectivity index (χ3v) is 5.92. The van der Waals surface area contributed by atoms with Gasteiger partial charge in [0.25, 0.3) is 0 Å². The highest BCUT2D eigenvalue weighted by molar-refractivity contribution is 7.10. The Balaban J connectivity index is 1.83. The van der Waals surface area contributed by atoms with Crippen LogP contribution >= 0.6 is 11.3 Å². The Kier molecular flexibility index (Phi) is 4.52. The van der Waals surface area contributed by atoms with Crippen molar-refractivity contribution in [3.05, 3.63) is 22.4 Å². The lowest BCUT2D eigenvalue weighted by atomic mass is 9.86. The van der Waals surface area contributed by atoms with Crippen molar-refractivity contribution in [2.45, 2.75) is 38.6 Å². The zero-order valence-electron chi connectivity index (χ0n) is 13.3. The molecular formula is C17H24N2O2S. The van der Waals surface area contributed by atoms with Crippen molar-refractivity contribution in [1.29, 1.82) is 0 Å². The molecule has 3 rings (SSSR count). The van der Waals surface area contributed by atoms with E-state index in [1.165, 1.54) is 6.42 Å². The highest BCUT2D eigenvalue weighted by atomic mass is 32.1. The summed E-state index contributed by atoms with van der Waals surface area (Å²) in [4.78, 5) is 30.1. The van der Waals surface area contributed by atoms with Crippen molar-refractivity contribution >= 4 is 23.2 Å². The molecule has 0 aliphatic carbocycles. The topological polar surface area (TPSA) is 40.6 Å². The van der Waals surface area contributed by atoms with Gasteiger partial charge < -0.3 is 9.80 Å². The summed E-state index contributed by atoms with van der Waals surface area (Å²) in [5.41, 5.74) is 0. The Bertz CT molecular complexity index is 543. The van der Waals surface area contributed by atoms with E-state index in [2.05, 4.69) is 6.92 Å². The molecule has 2 aliphatic heterocycles. The van der Waals surface area contributed by atoms with E-state index in [9.17, 15) is 9.59 Å². The largest absolute Gasteiger partial charge is 0.342 e. The van der Waals surface area contributed by atoms with Gasteiger partial charge in [0, 0.05) is 31.4 Å². The van der Waals surface area contributed by atoms with E-state index in [4.69, 9.17) is 0 Å². The van der Waals surface area contributed by atoms with Crippen LogP contribution < -0.4 is 0 Å². The van der Waals surface area contributed by atoms with Crippen LogP contribution in [0.2, 0.25) is 0 Å². The van der Waals surface area contributed by atoms with Crippen molar-refractivity contribution in [2.24, 2.45) is 11.8 Å². The highest BCUT2D eigenvalue weighted by Gasteiger charge is 2.41. The lowest BCUT2D eigenvalue weighted by molar-refractivity contribution is -0.147. The molecule has 1 aromatic rings. The lowest BCUT2D eigenvalue weighted by Gasteiger charge is -2.41. The number of carbonyl (C=O) groups is 2. The number of amides is 2. The minimum absolute atomic E-state index is 0.0911. The Hall–Kier alpha value is -1.36. The van der Waals surface area contributed by atoms with Crippen LogP contribution in [0.25, 0.3) is 0 Å². The summed E-state index contributed by atoms with van der Waals surface area (Å²) in [7, 11) is 1.84. The second-order valence-corrected chi connectivity index (χ2v) is 7.62. The van der Waals surface area contributed by atoms with E-state index in [0.29, 0.717) is 18.8 Å². The minimum Gasteiger partial charge on any atom is -0.342 e. The van der Waals surface area contributed by atoms with Crippen LogP contribution in [0.4, 0.5) is 0 Å². The van der Waals surface area contributed by atoms with Gasteiger partial charge >= 0.3 is 0 Å². The van der Waals surface area contributed by atoms with Gasteiger partial charge in [-0.25, -0.2) is 0 Å². The summed E-state index contributed by atoms with van der Waals surface area (Å²) < 4.78 is 0. The molecule has 2 aliphatic rings. The van der Waals surface area contributed by atoms with E-state index < -0.39 is 0 Å². The second kappa shape index (κ2) is 6.41. The zero-order valence-corrected chi connectivity index (χ0v) is 14.1. The van der Waals surface area contributed by atoms with Gasteiger partial charge in [-0.1, -0.05) is 13.0 Å². The Morgan fingerprint density at radius 2 is 2.18 bits per heavy atom. The van der Waals surface area contributed by atoms with Gasteiger partial charge in [0.05, 0.1) is 12.0 Å². The van der Waals surface area contributed by atoms with E-state index in [-0.39, 0.29) is 23.8 Å². The highest BCUT2D eigenvalue weighted by Crippen LogP contribution is 2.39. The first kappa shape index (κ1) is 15.5. The molecule has 2 saturated heterocycles. The lowest BCUT2D eigenvalue weighted by Crippen LogP contribution is -2.49. The van der Waals surface area contributed by atoms with Crippen molar-refractivity contribution in [3.8, 4) is 0 Å². The molecule has 0 N–H and O–H groups in total. The number of rotatable bonds is 2. The number of carbonyl (C=O) groups excluding carboxylic acids is 2. The molecule has 22 heavy (non-hydrogen) atoms. The molecule has 0 bridgehead atoms. The second-order valence-electron chi connectivity index (χ2n) is 6.64. The summed E-state index contributed by atoms with van der Waals surface area (Å²) in [6.45, 7) is 3.95. The predicted octanol–water partition coefficient (Wildman–Crippen LogP) is 2.92. The first-order valence-electron chi connectivity index (χ1n) is 8.15. The van der Waals surface area contributed by atoms with Gasteiger partial charge in [-0.3, -0.25) is 9.59 Å². The van der Waals surface area contributed by atoms with Crippen LogP contribution in [0.15, 0.2) is 17.5 Å². The van der Waals surface area contributed by atoms with Crippen molar-refractivity contribution in [3.63, 3.8) is 0 Å². The Morgan fingerprint density at radius 1 is 1.36 bits per heavy atom. The quantitative estimate of drug-likeness (QED) is 0.840. The third kappa shape index (κ3) is 2.91. The predicted molar refractivity (Wildman–Crippen MR) is 87.5 cm³/mol. The fraction of sp³-hybridized carbons (Fsp3) is 0.647. The summed E-state index contributed by atoms with van der Waals surface area (Å²) in [5.74, 6) is 0.881. The number of thiophene rings is 1. The molecule has 0 aromatic carbocycles. The molecular weight excluding hydrogens is 296 g/mol. The molecule has 0 saturated carbocycles. The SMILES string of the molecule is CC1CCCN(C(=O)C2CCC(=O)N(C)C2c2cccs2)C1. The third-order valence-electron chi connectivity index (χ3n) is 4.98. The first-order chi connectivity index (χ1) is 10.6. The van der Waals surface area contributed by atoms with Gasteiger partial charge in [0.1, 0.15) is 0 Å². The number of hydrogen-bond acceptors (Lipinski definition) is 3. The molecule has 1 aromatic heterocycles. The number of likely N-dealkylation sites (tertiary alicyclic amines) is 2. The summed E-state index contributed by atoms with van der Waals surface area (Å²) in [6, 6.07) is 3.95. The first-order valence-corrected chi connectivity index (χ1v) is 9.03. The molecule has 2 fully saturated rings. The van der Waals surface area contributed by atoms with Crippen molar-refractivity contribution in [2.75, 3.05) is 20.1 Å². The fourth-order valence-corrected chi connectivity index (χ4v) is 4.70. The smallest absolute Gasteiger partial charge is 0.228 e. The Morgan fingerprint density at radius 3 is 2.86 bits per heavy atom. The van der Waals surface area contributed by atoms with E-state index >= 15 is 0 Å². The Labute approximate surface area is 136 Å². The zero-order chi connectivity index (χ0) is 15.7. The van der Waals surface area contributed by atoms with Crippen LogP contribution in [0.5, 0.6) is 0 Å². The standard InChI is InChI=1S/C17H24N2O2S/c1-12-5-3-9-19(11-12)17(21)13-7-8-15(20)18(2)16(13)14-6-4-10-22-14/h4,6,10,12-13,16H,3,5,7-9,11H2,1-2H3. The summed E-state index contributed by atoms with van der Waals surface area (Å²) in [6.07, 6.45) is 3.47. The molecule has 120 valence electrons. The number of nitrogens with zero attached hydrogens (tertiary/aromatic N) is 2. The van der Waals surface area contributed by atoms with Gasteiger partial charge in [-0.15, -0.1) is 11.3 Å². The average Bonchev–Trinajstić information content (AvgIpc) is 3.03. The molecule has 3 atom stereocenters. The van der Waals surface area contributed by atoms with Gasteiger partial charge in [-0.2, -0.15) is 0 Å². The van der Waals surface area contributed by atoms with Gasteiger partial charge in [-0.05, 0) is 36.6 Å². The van der Waals surface area contributed by atoms with Crippen LogP contribution in [-0.4, -0.2) is 41.8 Å². The average molecular weight is 320 g/mol. The molecule has 0 radical (unpaired) electrons. The fourth-order valence-electron chi connectivity index (χ4n) is 3.77. The number of piperidine rings is 2. The molecule has 3 unspecified atom stereocenters. The van der Waals surface area contributed by atoms with Crippen LogP contribution in [-0.2, 0) is 9.59 Å². The van der Waals surface area contributed by atoms with Gasteiger partial charge in [0.15, 0.2) is 0 Å². The van der Waals surface area contributed by atoms with Crippen molar-refractivity contribution in [1.82, 2.24) is 9.80 Å². The van der Waals surface area contributed by atoms with Crippen LogP contribution in [0, 0.1) is 11.8 Å². The maximum Gasteiger partial charge on any atom is 0.228 e. The maximum atomic E-state index is 13.0. The number of hydrogen-bond donors (Lipinski definition) is 0. The van der Waals surface area contributed by atoms with Crippen LogP contribution in [0.3, 0.4) is 0 Å². The minimum atomic E-state index is -0.0917. The van der Waals surface area contributed by atoms with E-state index in [0.717, 1.165) is 24.4 Å². The summed E-state index contributed by atoms with van der Waals surface area (Å²) >= 11 is 1.64. The molecule has 4 nitrogen and oxygen atoms in total. The molecule has 2 amide bonds. The van der Waals surface area contributed by atoms with Gasteiger partial charge in [0.2, 0.25) is 11.8 Å². The van der Waals surface area contributed by atoms with E-state index in [1.54, 1.807) is 16.2 Å². The molecule has 0 spiro atoms. The van der Waals surface area contributed by atoms with Crippen molar-refractivity contribution < 1.29 is 9.59 Å². The summed E-state index contributed by atoms with van der Waals surface area (Å²) in [5, 5.41) is 2.02.